The number of rotatable bonds is 3. The van der Waals surface area contributed by atoms with E-state index in [0.29, 0.717) is 22.4 Å². The van der Waals surface area contributed by atoms with Crippen molar-refractivity contribution in [3.8, 4) is 0 Å². The standard InChI is InChI=1S/C21H18ClN3O/c1-14-12-15-4-2-3-5-20(15)25(14)18-10-11-23-19(13-18)21(26)24-17-8-6-16(22)7-9-17/h2-11,13-14H,12H2,1H3,(H,24,26). The van der Waals surface area contributed by atoms with Crippen LogP contribution < -0.4 is 10.2 Å². The summed E-state index contributed by atoms with van der Waals surface area (Å²) in [6.07, 6.45) is 2.67. The number of hydrogen-bond acceptors (Lipinski definition) is 3. The van der Waals surface area contributed by atoms with Crippen LogP contribution in [0.25, 0.3) is 0 Å². The summed E-state index contributed by atoms with van der Waals surface area (Å²) in [7, 11) is 0. The lowest BCUT2D eigenvalue weighted by atomic mass is 10.1. The Labute approximate surface area is 157 Å². The Morgan fingerprint density at radius 3 is 2.73 bits per heavy atom. The minimum absolute atomic E-state index is 0.241. The fourth-order valence-electron chi connectivity index (χ4n) is 3.38. The molecule has 0 saturated carbocycles. The Kier molecular flexibility index (Phi) is 4.35. The molecule has 3 aromatic rings. The van der Waals surface area contributed by atoms with Crippen molar-refractivity contribution in [3.05, 3.63) is 83.1 Å². The summed E-state index contributed by atoms with van der Waals surface area (Å²) in [5, 5.41) is 3.48. The van der Waals surface area contributed by atoms with Crippen molar-refractivity contribution in [2.24, 2.45) is 0 Å². The highest BCUT2D eigenvalue weighted by molar-refractivity contribution is 6.30. The molecule has 0 spiro atoms. The zero-order valence-electron chi connectivity index (χ0n) is 14.3. The van der Waals surface area contributed by atoms with E-state index in [2.05, 4.69) is 40.3 Å². The second-order valence-electron chi connectivity index (χ2n) is 6.41. The molecule has 0 fully saturated rings. The third-order valence-electron chi connectivity index (χ3n) is 4.56. The van der Waals surface area contributed by atoms with E-state index in [0.717, 1.165) is 12.1 Å². The van der Waals surface area contributed by atoms with Crippen molar-refractivity contribution in [3.63, 3.8) is 0 Å². The maximum atomic E-state index is 12.6. The van der Waals surface area contributed by atoms with E-state index in [4.69, 9.17) is 11.6 Å². The number of para-hydroxylation sites is 1. The minimum atomic E-state index is -0.241. The van der Waals surface area contributed by atoms with Crippen molar-refractivity contribution < 1.29 is 4.79 Å². The van der Waals surface area contributed by atoms with E-state index in [-0.39, 0.29) is 5.91 Å². The monoisotopic (exact) mass is 363 g/mol. The molecule has 0 aliphatic carbocycles. The van der Waals surface area contributed by atoms with E-state index in [1.165, 1.54) is 11.3 Å². The molecule has 5 heteroatoms. The predicted molar refractivity (Wildman–Crippen MR) is 105 cm³/mol. The minimum Gasteiger partial charge on any atom is -0.338 e. The van der Waals surface area contributed by atoms with Crippen molar-refractivity contribution in [1.82, 2.24) is 4.98 Å². The van der Waals surface area contributed by atoms with Gasteiger partial charge in [0.15, 0.2) is 0 Å². The molecule has 1 atom stereocenters. The van der Waals surface area contributed by atoms with Crippen molar-refractivity contribution in [1.29, 1.82) is 0 Å². The summed E-state index contributed by atoms with van der Waals surface area (Å²) in [6, 6.07) is 19.5. The van der Waals surface area contributed by atoms with Gasteiger partial charge in [-0.05, 0) is 61.4 Å². The Bertz CT molecular complexity index is 955. The number of carbonyl (C=O) groups is 1. The maximum Gasteiger partial charge on any atom is 0.274 e. The molecule has 0 bridgehead atoms. The molecule has 1 aliphatic heterocycles. The van der Waals surface area contributed by atoms with E-state index in [1.54, 1.807) is 30.5 Å². The lowest BCUT2D eigenvalue weighted by Gasteiger charge is -2.25. The van der Waals surface area contributed by atoms with Crippen LogP contribution >= 0.6 is 11.6 Å². The van der Waals surface area contributed by atoms with Gasteiger partial charge in [-0.1, -0.05) is 29.8 Å². The van der Waals surface area contributed by atoms with Crippen LogP contribution in [0.5, 0.6) is 0 Å². The summed E-state index contributed by atoms with van der Waals surface area (Å²) in [6.45, 7) is 2.19. The van der Waals surface area contributed by atoms with Crippen LogP contribution in [0.4, 0.5) is 17.1 Å². The second kappa shape index (κ2) is 6.81. The normalized spacial score (nSPS) is 15.6. The summed E-state index contributed by atoms with van der Waals surface area (Å²) in [4.78, 5) is 19.1. The van der Waals surface area contributed by atoms with Crippen LogP contribution in [-0.4, -0.2) is 16.9 Å². The van der Waals surface area contributed by atoms with Crippen LogP contribution in [0.1, 0.15) is 23.0 Å². The first-order valence-corrected chi connectivity index (χ1v) is 8.90. The quantitative estimate of drug-likeness (QED) is 0.706. The number of pyridine rings is 1. The van der Waals surface area contributed by atoms with Gasteiger partial charge in [-0.15, -0.1) is 0 Å². The summed E-state index contributed by atoms with van der Waals surface area (Å²) >= 11 is 5.88. The molecule has 26 heavy (non-hydrogen) atoms. The average molecular weight is 364 g/mol. The molecular formula is C21H18ClN3O. The van der Waals surface area contributed by atoms with Crippen LogP contribution in [0.2, 0.25) is 5.02 Å². The van der Waals surface area contributed by atoms with Gasteiger partial charge in [0.2, 0.25) is 0 Å². The molecule has 1 aromatic heterocycles. The first-order valence-electron chi connectivity index (χ1n) is 8.52. The van der Waals surface area contributed by atoms with Crippen LogP contribution in [0, 0.1) is 0 Å². The largest absolute Gasteiger partial charge is 0.338 e. The molecule has 4 nitrogen and oxygen atoms in total. The zero-order chi connectivity index (χ0) is 18.1. The second-order valence-corrected chi connectivity index (χ2v) is 6.85. The number of fused-ring (bicyclic) bond motifs is 1. The highest BCUT2D eigenvalue weighted by Crippen LogP contribution is 2.38. The summed E-state index contributed by atoms with van der Waals surface area (Å²) < 4.78 is 0. The van der Waals surface area contributed by atoms with E-state index < -0.39 is 0 Å². The Balaban J connectivity index is 1.61. The molecular weight excluding hydrogens is 346 g/mol. The van der Waals surface area contributed by atoms with Crippen molar-refractivity contribution >= 4 is 34.6 Å². The van der Waals surface area contributed by atoms with Gasteiger partial charge < -0.3 is 10.2 Å². The number of nitrogens with zero attached hydrogens (tertiary/aromatic N) is 2. The van der Waals surface area contributed by atoms with E-state index in [1.807, 2.05) is 18.2 Å². The highest BCUT2D eigenvalue weighted by atomic mass is 35.5. The van der Waals surface area contributed by atoms with Gasteiger partial charge in [0.05, 0.1) is 0 Å². The van der Waals surface area contributed by atoms with Crippen LogP contribution in [0.3, 0.4) is 0 Å². The van der Waals surface area contributed by atoms with Crippen LogP contribution in [-0.2, 0) is 6.42 Å². The number of amides is 1. The number of carbonyl (C=O) groups excluding carboxylic acids is 1. The van der Waals surface area contributed by atoms with Gasteiger partial charge in [-0.25, -0.2) is 0 Å². The number of aromatic nitrogens is 1. The zero-order valence-corrected chi connectivity index (χ0v) is 15.1. The lowest BCUT2D eigenvalue weighted by molar-refractivity contribution is 0.102. The van der Waals surface area contributed by atoms with E-state index in [9.17, 15) is 4.79 Å². The first-order chi connectivity index (χ1) is 12.6. The lowest BCUT2D eigenvalue weighted by Crippen LogP contribution is -2.24. The highest BCUT2D eigenvalue weighted by Gasteiger charge is 2.27. The number of halogens is 1. The van der Waals surface area contributed by atoms with E-state index >= 15 is 0 Å². The van der Waals surface area contributed by atoms with Crippen molar-refractivity contribution in [2.75, 3.05) is 10.2 Å². The number of anilines is 3. The molecule has 0 radical (unpaired) electrons. The molecule has 0 saturated heterocycles. The first kappa shape index (κ1) is 16.6. The topological polar surface area (TPSA) is 45.2 Å². The number of nitrogens with one attached hydrogen (secondary N) is 1. The predicted octanol–water partition coefficient (Wildman–Crippen LogP) is 5.07. The molecule has 2 heterocycles. The molecule has 2 aromatic carbocycles. The number of benzene rings is 2. The molecule has 130 valence electrons. The summed E-state index contributed by atoms with van der Waals surface area (Å²) in [5.74, 6) is -0.241. The maximum absolute atomic E-state index is 12.6. The third-order valence-corrected chi connectivity index (χ3v) is 4.82. The molecule has 4 rings (SSSR count). The third kappa shape index (κ3) is 3.16. The molecule has 1 amide bonds. The Morgan fingerprint density at radius 2 is 1.92 bits per heavy atom. The molecule has 1 aliphatic rings. The molecule has 1 unspecified atom stereocenters. The number of hydrogen-bond donors (Lipinski definition) is 1. The Hall–Kier alpha value is -2.85. The molecule has 1 N–H and O–H groups in total. The van der Waals surface area contributed by atoms with Gasteiger partial charge in [-0.2, -0.15) is 0 Å². The Morgan fingerprint density at radius 1 is 1.15 bits per heavy atom. The smallest absolute Gasteiger partial charge is 0.274 e. The van der Waals surface area contributed by atoms with Crippen LogP contribution in [0.15, 0.2) is 66.9 Å². The fourth-order valence-corrected chi connectivity index (χ4v) is 3.51. The average Bonchev–Trinajstić information content (AvgIpc) is 2.99. The van der Waals surface area contributed by atoms with Gasteiger partial charge in [0.1, 0.15) is 5.69 Å². The SMILES string of the molecule is CC1Cc2ccccc2N1c1ccnc(C(=O)Nc2ccc(Cl)cc2)c1. The van der Waals surface area contributed by atoms with Crippen molar-refractivity contribution in [2.45, 2.75) is 19.4 Å². The van der Waals surface area contributed by atoms with Gasteiger partial charge in [-0.3, -0.25) is 9.78 Å². The van der Waals surface area contributed by atoms with Gasteiger partial charge >= 0.3 is 0 Å². The van der Waals surface area contributed by atoms with Gasteiger partial charge in [0.25, 0.3) is 5.91 Å². The fraction of sp³-hybridized carbons (Fsp3) is 0.143. The van der Waals surface area contributed by atoms with Gasteiger partial charge in [0, 0.05) is 34.3 Å². The summed E-state index contributed by atoms with van der Waals surface area (Å²) in [5.41, 5.74) is 4.55.